The van der Waals surface area contributed by atoms with E-state index >= 15 is 0 Å². The fourth-order valence-electron chi connectivity index (χ4n) is 3.95. The standard InChI is InChI=1S/C26H18F2N4O4S/c1-2-13-3-6-16(7-4-13)32-23-17(11-15(27)12-18(23)28)22(25(32)35)31-30-19-8-5-14(9-20(19)33)10-21-24(34)29-26(36)37-21/h3-12,30,33H,2H2,1H3,(H,29,34,36)/b21-10+,31-22-. The van der Waals surface area contributed by atoms with Gasteiger partial charge in [-0.2, -0.15) is 5.10 Å². The number of hydrazone groups is 1. The van der Waals surface area contributed by atoms with Gasteiger partial charge in [0.05, 0.1) is 16.3 Å². The number of phenolic OH excluding ortho intramolecular Hbond substituents is 1. The molecule has 3 amide bonds. The zero-order valence-corrected chi connectivity index (χ0v) is 20.0. The minimum Gasteiger partial charge on any atom is -0.506 e. The molecule has 0 aromatic heterocycles. The molecule has 0 saturated carbocycles. The molecule has 2 heterocycles. The summed E-state index contributed by atoms with van der Waals surface area (Å²) in [5.41, 5.74) is 4.15. The predicted octanol–water partition coefficient (Wildman–Crippen LogP) is 5.05. The molecule has 5 rings (SSSR count). The molecule has 8 nitrogen and oxygen atoms in total. The molecule has 0 aliphatic carbocycles. The van der Waals surface area contributed by atoms with Crippen LogP contribution < -0.4 is 15.6 Å². The molecule has 11 heteroatoms. The Kier molecular flexibility index (Phi) is 6.22. The zero-order chi connectivity index (χ0) is 26.3. The van der Waals surface area contributed by atoms with Crippen molar-refractivity contribution in [2.75, 3.05) is 10.3 Å². The van der Waals surface area contributed by atoms with E-state index in [0.717, 1.165) is 34.7 Å². The number of halogens is 2. The fraction of sp³-hybridized carbons (Fsp3) is 0.0769. The number of carbonyl (C=O) groups is 3. The molecule has 1 saturated heterocycles. The summed E-state index contributed by atoms with van der Waals surface area (Å²) in [7, 11) is 0. The number of anilines is 3. The smallest absolute Gasteiger partial charge is 0.290 e. The van der Waals surface area contributed by atoms with E-state index in [1.165, 1.54) is 18.2 Å². The van der Waals surface area contributed by atoms with Crippen LogP contribution in [0.4, 0.5) is 30.6 Å². The lowest BCUT2D eigenvalue weighted by Gasteiger charge is -2.18. The molecule has 0 radical (unpaired) electrons. The van der Waals surface area contributed by atoms with Crippen molar-refractivity contribution in [1.82, 2.24) is 5.32 Å². The molecule has 1 fully saturated rings. The van der Waals surface area contributed by atoms with Crippen LogP contribution in [0.15, 0.2) is 64.6 Å². The second kappa shape index (κ2) is 9.51. The van der Waals surface area contributed by atoms with Gasteiger partial charge in [-0.1, -0.05) is 25.1 Å². The average molecular weight is 521 g/mol. The summed E-state index contributed by atoms with van der Waals surface area (Å²) in [4.78, 5) is 37.7. The molecule has 0 unspecified atom stereocenters. The highest BCUT2D eigenvalue weighted by atomic mass is 32.2. The number of aromatic hydroxyl groups is 1. The van der Waals surface area contributed by atoms with Gasteiger partial charge in [0.1, 0.15) is 11.6 Å². The summed E-state index contributed by atoms with van der Waals surface area (Å²) in [5.74, 6) is -3.26. The Morgan fingerprint density at radius 2 is 1.84 bits per heavy atom. The van der Waals surface area contributed by atoms with Gasteiger partial charge in [-0.3, -0.25) is 30.0 Å². The van der Waals surface area contributed by atoms with Crippen LogP contribution in [-0.4, -0.2) is 27.9 Å². The first-order chi connectivity index (χ1) is 17.7. The quantitative estimate of drug-likeness (QED) is 0.247. The number of benzene rings is 3. The summed E-state index contributed by atoms with van der Waals surface area (Å²) >= 11 is 0.741. The molecule has 0 bridgehead atoms. The third-order valence-corrected chi connectivity index (χ3v) is 6.58. The molecule has 0 spiro atoms. The first-order valence-corrected chi connectivity index (χ1v) is 11.9. The Balaban J connectivity index is 1.47. The van der Waals surface area contributed by atoms with Crippen molar-refractivity contribution in [3.8, 4) is 5.75 Å². The first kappa shape index (κ1) is 24.2. The number of hydrogen-bond donors (Lipinski definition) is 3. The van der Waals surface area contributed by atoms with Gasteiger partial charge in [0, 0.05) is 17.3 Å². The molecule has 3 aromatic carbocycles. The maximum atomic E-state index is 14.9. The molecule has 3 aromatic rings. The number of phenols is 1. The predicted molar refractivity (Wildman–Crippen MR) is 137 cm³/mol. The van der Waals surface area contributed by atoms with E-state index in [0.29, 0.717) is 17.3 Å². The number of carbonyl (C=O) groups excluding carboxylic acids is 3. The molecular weight excluding hydrogens is 502 g/mol. The van der Waals surface area contributed by atoms with Crippen LogP contribution in [0.1, 0.15) is 23.6 Å². The van der Waals surface area contributed by atoms with E-state index in [1.54, 1.807) is 18.2 Å². The lowest BCUT2D eigenvalue weighted by molar-refractivity contribution is -0.115. The Hall–Kier alpha value is -4.51. The Morgan fingerprint density at radius 3 is 2.49 bits per heavy atom. The molecule has 2 aliphatic rings. The second-order valence-electron chi connectivity index (χ2n) is 8.15. The third-order valence-electron chi connectivity index (χ3n) is 5.77. The van der Waals surface area contributed by atoms with Gasteiger partial charge in [0.15, 0.2) is 11.5 Å². The van der Waals surface area contributed by atoms with Crippen LogP contribution in [-0.2, 0) is 16.0 Å². The van der Waals surface area contributed by atoms with Crippen molar-refractivity contribution in [3.05, 3.63) is 87.8 Å². The van der Waals surface area contributed by atoms with Crippen LogP contribution in [0.3, 0.4) is 0 Å². The van der Waals surface area contributed by atoms with E-state index in [9.17, 15) is 28.3 Å². The number of imide groups is 1. The van der Waals surface area contributed by atoms with Crippen molar-refractivity contribution in [3.63, 3.8) is 0 Å². The fourth-order valence-corrected chi connectivity index (χ4v) is 4.64. The highest BCUT2D eigenvalue weighted by molar-refractivity contribution is 8.18. The lowest BCUT2D eigenvalue weighted by Crippen LogP contribution is -2.26. The van der Waals surface area contributed by atoms with Gasteiger partial charge >= 0.3 is 0 Å². The topological polar surface area (TPSA) is 111 Å². The van der Waals surface area contributed by atoms with Crippen molar-refractivity contribution >= 4 is 57.7 Å². The number of fused-ring (bicyclic) bond motifs is 1. The molecule has 0 atom stereocenters. The second-order valence-corrected chi connectivity index (χ2v) is 9.16. The molecule has 3 N–H and O–H groups in total. The normalized spacial score (nSPS) is 17.1. The summed E-state index contributed by atoms with van der Waals surface area (Å²) < 4.78 is 29.0. The van der Waals surface area contributed by atoms with E-state index in [-0.39, 0.29) is 33.3 Å². The SMILES string of the molecule is CCc1ccc(N2C(=O)/C(=N\Nc3ccc(/C=C4/SC(=O)NC4=O)cc3O)c3cc(F)cc(F)c32)cc1. The van der Waals surface area contributed by atoms with Crippen molar-refractivity contribution < 1.29 is 28.3 Å². The minimum atomic E-state index is -0.916. The lowest BCUT2D eigenvalue weighted by atomic mass is 10.1. The molecule has 186 valence electrons. The maximum absolute atomic E-state index is 14.9. The summed E-state index contributed by atoms with van der Waals surface area (Å²) in [5, 5.41) is 16.2. The summed E-state index contributed by atoms with van der Waals surface area (Å²) in [6.45, 7) is 1.98. The number of aryl methyl sites for hydroxylation is 1. The number of amides is 3. The number of nitrogens with zero attached hydrogens (tertiary/aromatic N) is 2. The van der Waals surface area contributed by atoms with E-state index in [4.69, 9.17) is 0 Å². The maximum Gasteiger partial charge on any atom is 0.290 e. The van der Waals surface area contributed by atoms with Crippen LogP contribution in [0.25, 0.3) is 6.08 Å². The van der Waals surface area contributed by atoms with E-state index < -0.39 is 28.7 Å². The molecule has 2 aliphatic heterocycles. The van der Waals surface area contributed by atoms with Gasteiger partial charge < -0.3 is 5.11 Å². The molecular formula is C26H18F2N4O4S. The van der Waals surface area contributed by atoms with Crippen LogP contribution in [0.2, 0.25) is 0 Å². The van der Waals surface area contributed by atoms with Crippen LogP contribution in [0, 0.1) is 11.6 Å². The number of rotatable bonds is 5. The van der Waals surface area contributed by atoms with Gasteiger partial charge in [-0.25, -0.2) is 8.78 Å². The Bertz CT molecular complexity index is 1540. The monoisotopic (exact) mass is 520 g/mol. The van der Waals surface area contributed by atoms with Gasteiger partial charge in [-0.05, 0) is 65.7 Å². The van der Waals surface area contributed by atoms with Crippen molar-refractivity contribution in [2.24, 2.45) is 5.10 Å². The van der Waals surface area contributed by atoms with Crippen molar-refractivity contribution in [1.29, 1.82) is 0 Å². The number of nitrogens with one attached hydrogen (secondary N) is 2. The zero-order valence-electron chi connectivity index (χ0n) is 19.2. The van der Waals surface area contributed by atoms with E-state index in [1.807, 2.05) is 19.1 Å². The van der Waals surface area contributed by atoms with Crippen LogP contribution >= 0.6 is 11.8 Å². The highest BCUT2D eigenvalue weighted by Crippen LogP contribution is 2.39. The van der Waals surface area contributed by atoms with Gasteiger partial charge in [0.2, 0.25) is 0 Å². The summed E-state index contributed by atoms with van der Waals surface area (Å²) in [6, 6.07) is 13.0. The minimum absolute atomic E-state index is 0.0376. The largest absolute Gasteiger partial charge is 0.506 e. The average Bonchev–Trinajstić information content (AvgIpc) is 3.33. The van der Waals surface area contributed by atoms with Gasteiger partial charge in [0.25, 0.3) is 17.1 Å². The number of thioether (sulfide) groups is 1. The summed E-state index contributed by atoms with van der Waals surface area (Å²) in [6.07, 6.45) is 2.22. The van der Waals surface area contributed by atoms with Crippen molar-refractivity contribution in [2.45, 2.75) is 13.3 Å². The molecule has 37 heavy (non-hydrogen) atoms. The highest BCUT2D eigenvalue weighted by Gasteiger charge is 2.38. The van der Waals surface area contributed by atoms with E-state index in [2.05, 4.69) is 15.8 Å². The number of hydrogen-bond acceptors (Lipinski definition) is 7. The Labute approximate surface area is 213 Å². The van der Waals surface area contributed by atoms with Crippen LogP contribution in [0.5, 0.6) is 5.75 Å². The first-order valence-electron chi connectivity index (χ1n) is 11.1. The third kappa shape index (κ3) is 4.56. The Morgan fingerprint density at radius 1 is 1.08 bits per heavy atom. The van der Waals surface area contributed by atoms with Gasteiger partial charge in [-0.15, -0.1) is 0 Å².